The Labute approximate surface area is 352 Å². The molecule has 2 saturated heterocycles. The van der Waals surface area contributed by atoms with Gasteiger partial charge in [0, 0.05) is 86.4 Å². The van der Waals surface area contributed by atoms with Crippen molar-refractivity contribution in [2.75, 3.05) is 44.2 Å². The molecule has 9 rings (SSSR count). The van der Waals surface area contributed by atoms with Crippen molar-refractivity contribution < 1.29 is 33.5 Å². The first-order valence-electron chi connectivity index (χ1n) is 20.5. The van der Waals surface area contributed by atoms with Crippen LogP contribution in [0.5, 0.6) is 5.75 Å². The summed E-state index contributed by atoms with van der Waals surface area (Å²) in [4.78, 5) is 87.6. The van der Waals surface area contributed by atoms with Crippen molar-refractivity contribution in [3.63, 3.8) is 0 Å². The van der Waals surface area contributed by atoms with Gasteiger partial charge in [0.2, 0.25) is 17.7 Å². The Morgan fingerprint density at radius 1 is 0.817 bits per heavy atom. The second-order valence-electron chi connectivity index (χ2n) is 18.0. The van der Waals surface area contributed by atoms with Gasteiger partial charge < -0.3 is 19.4 Å². The predicted octanol–water partition coefficient (Wildman–Crippen LogP) is 4.16. The molecule has 0 radical (unpaired) electrons. The molecule has 0 bridgehead atoms. The van der Waals surface area contributed by atoms with E-state index in [0.29, 0.717) is 61.0 Å². The number of hydrogen-bond donors (Lipinski definition) is 1. The standard InChI is InChI=1S/C45H46ClN7O7/c1-44(2)42(45(3,4)43(44)60-30-7-5-26(21-47)34(46)20-30)52-23-28-17-29(6-8-31(28)39(52)57)50-15-13-49(14-16-50)24-37(55)51-12-11-25-18-32-33(19-27(25)22-51)41(59)53(40(32)58)35-9-10-36(54)48-38(35)56/h5-8,17-20,35,42-43H,9-16,22-24H2,1-4H3,(H,48,54,56)/t35?,42-,43-. The summed E-state index contributed by atoms with van der Waals surface area (Å²) in [5.74, 6) is -1.55. The lowest BCUT2D eigenvalue weighted by molar-refractivity contribution is -0.199. The van der Waals surface area contributed by atoms with Gasteiger partial charge in [-0.2, -0.15) is 5.26 Å². The van der Waals surface area contributed by atoms with Crippen molar-refractivity contribution in [3.8, 4) is 11.8 Å². The summed E-state index contributed by atoms with van der Waals surface area (Å²) >= 11 is 6.30. The van der Waals surface area contributed by atoms with Crippen LogP contribution in [0.15, 0.2) is 48.5 Å². The fraction of sp³-hybridized carbons (Fsp3) is 0.444. The predicted molar refractivity (Wildman–Crippen MR) is 219 cm³/mol. The van der Waals surface area contributed by atoms with Crippen molar-refractivity contribution in [1.82, 2.24) is 24.9 Å². The third-order valence-corrected chi connectivity index (χ3v) is 13.8. The summed E-state index contributed by atoms with van der Waals surface area (Å²) in [6, 6.07) is 15.6. The van der Waals surface area contributed by atoms with Crippen LogP contribution in [0.3, 0.4) is 0 Å². The SMILES string of the molecule is CC1(C)[C@H](Oc2ccc(C#N)c(Cl)c2)C(C)(C)[C@H]1N1Cc2cc(N3CCN(CC(=O)N4CCc5cc6c(cc5C4)C(=O)N(C4CCC(=O)NC4=O)C6=O)CC3)ccc2C1=O. The number of imide groups is 2. The summed E-state index contributed by atoms with van der Waals surface area (Å²) in [5.41, 5.74) is 4.61. The number of benzene rings is 3. The third kappa shape index (κ3) is 6.41. The van der Waals surface area contributed by atoms with Gasteiger partial charge in [0.1, 0.15) is 24.0 Å². The number of carbonyl (C=O) groups is 6. The number of anilines is 1. The Morgan fingerprint density at radius 2 is 1.52 bits per heavy atom. The molecule has 6 amide bonds. The van der Waals surface area contributed by atoms with Crippen LogP contribution in [-0.4, -0.2) is 112 Å². The van der Waals surface area contributed by atoms with Crippen LogP contribution in [0.4, 0.5) is 5.69 Å². The van der Waals surface area contributed by atoms with Crippen molar-refractivity contribution in [2.45, 2.75) is 78.2 Å². The van der Waals surface area contributed by atoms with Gasteiger partial charge in [-0.15, -0.1) is 0 Å². The summed E-state index contributed by atoms with van der Waals surface area (Å²) in [5, 5.41) is 11.8. The molecule has 1 saturated carbocycles. The van der Waals surface area contributed by atoms with E-state index in [1.807, 2.05) is 17.0 Å². The number of nitrogens with zero attached hydrogens (tertiary/aromatic N) is 6. The van der Waals surface area contributed by atoms with Crippen molar-refractivity contribution in [3.05, 3.63) is 92.5 Å². The van der Waals surface area contributed by atoms with E-state index in [1.165, 1.54) is 0 Å². The molecule has 14 nitrogen and oxygen atoms in total. The van der Waals surface area contributed by atoms with E-state index >= 15 is 0 Å². The molecule has 3 aromatic rings. The van der Waals surface area contributed by atoms with Crippen LogP contribution in [0, 0.1) is 22.2 Å². The monoisotopic (exact) mass is 831 g/mol. The van der Waals surface area contributed by atoms with Gasteiger partial charge >= 0.3 is 0 Å². The molecule has 310 valence electrons. The average Bonchev–Trinajstić information content (AvgIpc) is 3.65. The number of ether oxygens (including phenoxy) is 1. The highest BCUT2D eigenvalue weighted by Gasteiger charge is 2.67. The minimum atomic E-state index is -1.03. The molecule has 3 aromatic carbocycles. The number of carbonyl (C=O) groups excluding carboxylic acids is 6. The average molecular weight is 832 g/mol. The first-order valence-corrected chi connectivity index (χ1v) is 20.9. The molecule has 5 heterocycles. The minimum absolute atomic E-state index is 0.00603. The number of fused-ring (bicyclic) bond motifs is 3. The molecule has 5 aliphatic heterocycles. The van der Waals surface area contributed by atoms with Gasteiger partial charge in [0.15, 0.2) is 0 Å². The summed E-state index contributed by atoms with van der Waals surface area (Å²) in [6.07, 6.45) is 0.491. The number of amides is 6. The van der Waals surface area contributed by atoms with E-state index in [-0.39, 0.29) is 65.3 Å². The second-order valence-corrected chi connectivity index (χ2v) is 18.4. The molecule has 0 aromatic heterocycles. The van der Waals surface area contributed by atoms with E-state index in [0.717, 1.165) is 40.4 Å². The zero-order valence-corrected chi connectivity index (χ0v) is 34.8. The van der Waals surface area contributed by atoms with E-state index in [1.54, 1.807) is 35.2 Å². The Balaban J connectivity index is 0.797. The van der Waals surface area contributed by atoms with E-state index in [9.17, 15) is 34.0 Å². The molecule has 0 spiro atoms. The number of hydrogen-bond acceptors (Lipinski definition) is 10. The molecule has 6 aliphatic rings. The molecule has 1 N–H and O–H groups in total. The van der Waals surface area contributed by atoms with Gasteiger partial charge in [0.05, 0.1) is 28.3 Å². The summed E-state index contributed by atoms with van der Waals surface area (Å²) in [7, 11) is 0. The number of nitrogens with one attached hydrogen (secondary N) is 1. The molecule has 60 heavy (non-hydrogen) atoms. The fourth-order valence-electron chi connectivity index (χ4n) is 10.9. The zero-order valence-electron chi connectivity index (χ0n) is 34.0. The van der Waals surface area contributed by atoms with Gasteiger partial charge in [-0.05, 0) is 72.0 Å². The number of piperazine rings is 1. The highest BCUT2D eigenvalue weighted by atomic mass is 35.5. The van der Waals surface area contributed by atoms with Crippen LogP contribution in [0.25, 0.3) is 0 Å². The first-order chi connectivity index (χ1) is 28.6. The van der Waals surface area contributed by atoms with Crippen LogP contribution in [-0.2, 0) is 33.9 Å². The number of nitriles is 1. The van der Waals surface area contributed by atoms with Gasteiger partial charge in [-0.25, -0.2) is 0 Å². The molecule has 1 unspecified atom stereocenters. The fourth-order valence-corrected chi connectivity index (χ4v) is 11.2. The quantitative estimate of drug-likeness (QED) is 0.342. The largest absolute Gasteiger partial charge is 0.489 e. The molecular weight excluding hydrogens is 786 g/mol. The van der Waals surface area contributed by atoms with Crippen molar-refractivity contribution in [1.29, 1.82) is 5.26 Å². The third-order valence-electron chi connectivity index (χ3n) is 13.5. The maximum atomic E-state index is 13.9. The van der Waals surface area contributed by atoms with Crippen LogP contribution >= 0.6 is 11.6 Å². The van der Waals surface area contributed by atoms with Crippen LogP contribution < -0.4 is 15.0 Å². The number of halogens is 1. The van der Waals surface area contributed by atoms with E-state index in [2.05, 4.69) is 54.9 Å². The lowest BCUT2D eigenvalue weighted by Crippen LogP contribution is -2.74. The maximum absolute atomic E-state index is 13.9. The highest BCUT2D eigenvalue weighted by molar-refractivity contribution is 6.31. The Bertz CT molecular complexity index is 2440. The van der Waals surface area contributed by atoms with Gasteiger partial charge in [-0.3, -0.25) is 43.9 Å². The van der Waals surface area contributed by atoms with Gasteiger partial charge in [0.25, 0.3) is 17.7 Å². The molecule has 1 aliphatic carbocycles. The lowest BCUT2D eigenvalue weighted by atomic mass is 9.49. The molecule has 3 fully saturated rings. The molecule has 15 heteroatoms. The second kappa shape index (κ2) is 14.4. The van der Waals surface area contributed by atoms with Crippen molar-refractivity contribution in [2.24, 2.45) is 10.8 Å². The number of rotatable bonds is 7. The normalized spacial score (nSPS) is 24.4. The number of piperidine rings is 1. The zero-order chi connectivity index (χ0) is 42.4. The Morgan fingerprint density at radius 3 is 2.18 bits per heavy atom. The minimum Gasteiger partial charge on any atom is -0.489 e. The molecular formula is C45H46ClN7O7. The maximum Gasteiger partial charge on any atom is 0.262 e. The lowest BCUT2D eigenvalue weighted by Gasteiger charge is -2.65. The van der Waals surface area contributed by atoms with Crippen molar-refractivity contribution >= 4 is 52.7 Å². The summed E-state index contributed by atoms with van der Waals surface area (Å²) in [6.45, 7) is 12.9. The summed E-state index contributed by atoms with van der Waals surface area (Å²) < 4.78 is 6.48. The Hall–Kier alpha value is -5.78. The van der Waals surface area contributed by atoms with E-state index in [4.69, 9.17) is 16.3 Å². The van der Waals surface area contributed by atoms with Gasteiger partial charge in [-0.1, -0.05) is 39.3 Å². The van der Waals surface area contributed by atoms with Crippen LogP contribution in [0.1, 0.15) is 93.9 Å². The van der Waals surface area contributed by atoms with E-state index < -0.39 is 29.7 Å². The highest BCUT2D eigenvalue weighted by Crippen LogP contribution is 2.59. The molecule has 1 atom stereocenters. The first kappa shape index (κ1) is 39.7. The smallest absolute Gasteiger partial charge is 0.262 e. The topological polar surface area (TPSA) is 164 Å². The van der Waals surface area contributed by atoms with Crippen LogP contribution in [0.2, 0.25) is 5.02 Å². The Kier molecular flexibility index (Phi) is 9.55.